The van der Waals surface area contributed by atoms with Crippen molar-refractivity contribution in [2.24, 2.45) is 5.92 Å². The summed E-state index contributed by atoms with van der Waals surface area (Å²) in [6.07, 6.45) is 1.83. The largest absolute Gasteiger partial charge is 0.384 e. The number of methoxy groups -OCH3 is 1. The molecule has 1 heterocycles. The molecule has 0 bridgehead atoms. The highest BCUT2D eigenvalue weighted by Gasteiger charge is 2.30. The number of hydrogen-bond acceptors (Lipinski definition) is 3. The molecule has 0 N–H and O–H groups in total. The summed E-state index contributed by atoms with van der Waals surface area (Å²) in [5, 5.41) is 0. The maximum absolute atomic E-state index is 11.8. The molecule has 1 aliphatic rings. The van der Waals surface area contributed by atoms with Gasteiger partial charge in [0, 0.05) is 26.1 Å². The van der Waals surface area contributed by atoms with Gasteiger partial charge in [-0.3, -0.25) is 0 Å². The van der Waals surface area contributed by atoms with E-state index in [0.29, 0.717) is 24.9 Å². The Hall–Kier alpha value is 0.160. The average Bonchev–Trinajstić information content (AvgIpc) is 2.65. The molecule has 15 heavy (non-hydrogen) atoms. The fraction of sp³-hybridized carbons (Fsp3) is 1.00. The molecule has 1 fully saturated rings. The zero-order chi connectivity index (χ0) is 11.3. The van der Waals surface area contributed by atoms with E-state index in [1.165, 1.54) is 7.11 Å². The first-order valence-corrected chi connectivity index (χ1v) is 7.27. The van der Waals surface area contributed by atoms with E-state index in [-0.39, 0.29) is 12.4 Å². The van der Waals surface area contributed by atoms with Gasteiger partial charge in [-0.1, -0.05) is 0 Å². The van der Waals surface area contributed by atoms with Crippen LogP contribution in [0.25, 0.3) is 0 Å². The molecule has 1 rings (SSSR count). The van der Waals surface area contributed by atoms with Crippen LogP contribution in [0.2, 0.25) is 0 Å². The lowest BCUT2D eigenvalue weighted by Crippen LogP contribution is -2.32. The lowest BCUT2D eigenvalue weighted by Gasteiger charge is -2.15. The van der Waals surface area contributed by atoms with Gasteiger partial charge in [-0.25, -0.2) is 12.7 Å². The van der Waals surface area contributed by atoms with Crippen LogP contribution in [0.3, 0.4) is 0 Å². The third-order valence-corrected chi connectivity index (χ3v) is 4.72. The van der Waals surface area contributed by atoms with Crippen LogP contribution < -0.4 is 0 Å². The quantitative estimate of drug-likeness (QED) is 0.663. The van der Waals surface area contributed by atoms with E-state index in [1.54, 1.807) is 4.31 Å². The molecule has 1 saturated heterocycles. The number of ether oxygens (including phenoxy) is 1. The number of alkyl halides is 1. The summed E-state index contributed by atoms with van der Waals surface area (Å²) in [5.41, 5.74) is 0. The van der Waals surface area contributed by atoms with Crippen LogP contribution in [0, 0.1) is 5.92 Å². The number of rotatable bonds is 6. The Bertz CT molecular complexity index is 281. The predicted octanol–water partition coefficient (Wildman–Crippen LogP) is 0.913. The first kappa shape index (κ1) is 13.2. The van der Waals surface area contributed by atoms with Gasteiger partial charge in [0.05, 0.1) is 12.4 Å². The molecule has 0 aliphatic carbocycles. The number of nitrogens with zero attached hydrogens (tertiary/aromatic N) is 1. The summed E-state index contributed by atoms with van der Waals surface area (Å²) in [5.74, 6) is 1.12. The monoisotopic (exact) mass is 255 g/mol. The molecular weight excluding hydrogens is 238 g/mol. The average molecular weight is 256 g/mol. The lowest BCUT2D eigenvalue weighted by atomic mass is 10.1. The van der Waals surface area contributed by atoms with Crippen molar-refractivity contribution >= 4 is 21.6 Å². The molecule has 1 aliphatic heterocycles. The second-order valence-electron chi connectivity index (χ2n) is 3.80. The molecule has 0 radical (unpaired) electrons. The standard InChI is InChI=1S/C9H18ClNO3S/c1-14-6-7-15(12,13)11-5-3-9(8-11)2-4-10/h9H,2-8H2,1H3. The van der Waals surface area contributed by atoms with E-state index in [4.69, 9.17) is 16.3 Å². The van der Waals surface area contributed by atoms with Crippen molar-refractivity contribution < 1.29 is 13.2 Å². The first-order chi connectivity index (χ1) is 7.10. The zero-order valence-electron chi connectivity index (χ0n) is 8.99. The van der Waals surface area contributed by atoms with E-state index in [2.05, 4.69) is 0 Å². The minimum absolute atomic E-state index is 0.0805. The highest BCUT2D eigenvalue weighted by Crippen LogP contribution is 2.22. The Morgan fingerprint density at radius 1 is 1.53 bits per heavy atom. The zero-order valence-corrected chi connectivity index (χ0v) is 10.6. The molecule has 0 aromatic heterocycles. The molecule has 0 saturated carbocycles. The Kier molecular flexibility index (Phi) is 5.32. The fourth-order valence-corrected chi connectivity index (χ4v) is 3.52. The number of halogens is 1. The summed E-state index contributed by atoms with van der Waals surface area (Å²) in [7, 11) is -1.60. The summed E-state index contributed by atoms with van der Waals surface area (Å²) in [6, 6.07) is 0. The van der Waals surface area contributed by atoms with Crippen LogP contribution in [0.4, 0.5) is 0 Å². The Labute approximate surface area is 96.6 Å². The highest BCUT2D eigenvalue weighted by atomic mass is 35.5. The molecular formula is C9H18ClNO3S. The molecule has 0 spiro atoms. The SMILES string of the molecule is COCCS(=O)(=O)N1CCC(CCCl)C1. The van der Waals surface area contributed by atoms with Gasteiger partial charge in [0.15, 0.2) is 0 Å². The molecule has 0 aromatic rings. The van der Waals surface area contributed by atoms with Crippen molar-refractivity contribution in [1.82, 2.24) is 4.31 Å². The van der Waals surface area contributed by atoms with E-state index in [1.807, 2.05) is 0 Å². The summed E-state index contributed by atoms with van der Waals surface area (Å²) >= 11 is 5.64. The van der Waals surface area contributed by atoms with E-state index in [0.717, 1.165) is 12.8 Å². The highest BCUT2D eigenvalue weighted by molar-refractivity contribution is 7.89. The van der Waals surface area contributed by atoms with Crippen molar-refractivity contribution in [3.05, 3.63) is 0 Å². The van der Waals surface area contributed by atoms with Crippen LogP contribution in [0.1, 0.15) is 12.8 Å². The Morgan fingerprint density at radius 3 is 2.87 bits per heavy atom. The van der Waals surface area contributed by atoms with Crippen LogP contribution in [-0.4, -0.2) is 51.2 Å². The minimum atomic E-state index is -3.11. The first-order valence-electron chi connectivity index (χ1n) is 5.13. The predicted molar refractivity (Wildman–Crippen MR) is 60.7 cm³/mol. The van der Waals surface area contributed by atoms with Crippen LogP contribution >= 0.6 is 11.6 Å². The summed E-state index contributed by atoms with van der Waals surface area (Å²) in [6.45, 7) is 1.52. The van der Waals surface area contributed by atoms with E-state index >= 15 is 0 Å². The second-order valence-corrected chi connectivity index (χ2v) is 6.27. The fourth-order valence-electron chi connectivity index (χ4n) is 1.76. The van der Waals surface area contributed by atoms with Gasteiger partial charge in [-0.2, -0.15) is 0 Å². The smallest absolute Gasteiger partial charge is 0.216 e. The van der Waals surface area contributed by atoms with Gasteiger partial charge in [0.1, 0.15) is 0 Å². The van der Waals surface area contributed by atoms with Crippen molar-refractivity contribution in [1.29, 1.82) is 0 Å². The summed E-state index contributed by atoms with van der Waals surface area (Å²) < 4.78 is 29.9. The van der Waals surface area contributed by atoms with Crippen molar-refractivity contribution in [3.63, 3.8) is 0 Å². The van der Waals surface area contributed by atoms with Crippen LogP contribution in [0.15, 0.2) is 0 Å². The van der Waals surface area contributed by atoms with Crippen LogP contribution in [0.5, 0.6) is 0 Å². The summed E-state index contributed by atoms with van der Waals surface area (Å²) in [4.78, 5) is 0. The maximum atomic E-state index is 11.8. The number of hydrogen-bond donors (Lipinski definition) is 0. The Balaban J connectivity index is 2.45. The van der Waals surface area contributed by atoms with Gasteiger partial charge in [0.2, 0.25) is 10.0 Å². The van der Waals surface area contributed by atoms with Gasteiger partial charge < -0.3 is 4.74 Å². The maximum Gasteiger partial charge on any atom is 0.216 e. The molecule has 1 atom stereocenters. The van der Waals surface area contributed by atoms with Gasteiger partial charge in [-0.05, 0) is 18.8 Å². The third kappa shape index (κ3) is 3.90. The molecule has 1 unspecified atom stereocenters. The van der Waals surface area contributed by atoms with Crippen molar-refractivity contribution in [3.8, 4) is 0 Å². The molecule has 4 nitrogen and oxygen atoms in total. The minimum Gasteiger partial charge on any atom is -0.384 e. The van der Waals surface area contributed by atoms with Crippen molar-refractivity contribution in [2.45, 2.75) is 12.8 Å². The van der Waals surface area contributed by atoms with E-state index < -0.39 is 10.0 Å². The normalized spacial score (nSPS) is 23.5. The van der Waals surface area contributed by atoms with Crippen LogP contribution in [-0.2, 0) is 14.8 Å². The molecule has 0 amide bonds. The van der Waals surface area contributed by atoms with Gasteiger partial charge in [-0.15, -0.1) is 11.6 Å². The molecule has 90 valence electrons. The topological polar surface area (TPSA) is 46.6 Å². The molecule has 6 heteroatoms. The number of sulfonamides is 1. The third-order valence-electron chi connectivity index (χ3n) is 2.70. The van der Waals surface area contributed by atoms with Crippen molar-refractivity contribution in [2.75, 3.05) is 38.4 Å². The van der Waals surface area contributed by atoms with Gasteiger partial charge in [0.25, 0.3) is 0 Å². The van der Waals surface area contributed by atoms with Gasteiger partial charge >= 0.3 is 0 Å². The lowest BCUT2D eigenvalue weighted by molar-refractivity contribution is 0.215. The Morgan fingerprint density at radius 2 is 2.27 bits per heavy atom. The second kappa shape index (κ2) is 6.03. The molecule has 0 aromatic carbocycles. The van der Waals surface area contributed by atoms with E-state index in [9.17, 15) is 8.42 Å².